The maximum absolute atomic E-state index is 13.0. The molecule has 0 bridgehead atoms. The van der Waals surface area contributed by atoms with Crippen LogP contribution in [-0.4, -0.2) is 18.2 Å². The SMILES string of the molecule is COc1cc(C=C(C#N)c2cccc(C(F)(F)F)c2)ccc1OCc1ccc(C(=O)O)o1. The third-order valence-electron chi connectivity index (χ3n) is 4.36. The average Bonchev–Trinajstić information content (AvgIpc) is 3.25. The predicted octanol–water partition coefficient (Wildman–Crippen LogP) is 5.65. The number of furan rings is 1. The molecule has 1 aromatic heterocycles. The molecule has 0 aliphatic heterocycles. The lowest BCUT2D eigenvalue weighted by Crippen LogP contribution is -2.04. The van der Waals surface area contributed by atoms with Crippen LogP contribution in [0.15, 0.2) is 59.0 Å². The molecule has 0 amide bonds. The van der Waals surface area contributed by atoms with Crippen LogP contribution in [0.1, 0.15) is 33.0 Å². The Morgan fingerprint density at radius 1 is 1.16 bits per heavy atom. The Bertz CT molecular complexity index is 1200. The van der Waals surface area contributed by atoms with E-state index in [1.807, 2.05) is 6.07 Å². The second-order valence-electron chi connectivity index (χ2n) is 6.52. The average molecular weight is 443 g/mol. The first-order chi connectivity index (χ1) is 15.2. The standard InChI is InChI=1S/C23H16F3NO5/c1-30-21-10-14(5-7-19(21)31-13-18-6-8-20(32-18)22(28)29)9-16(12-27)15-3-2-4-17(11-15)23(24,25)26/h2-11H,13H2,1H3,(H,28,29). The number of hydrogen-bond donors (Lipinski definition) is 1. The highest BCUT2D eigenvalue weighted by molar-refractivity contribution is 5.90. The van der Waals surface area contributed by atoms with E-state index in [1.54, 1.807) is 18.2 Å². The van der Waals surface area contributed by atoms with Crippen LogP contribution in [0.2, 0.25) is 0 Å². The third-order valence-corrected chi connectivity index (χ3v) is 4.36. The number of methoxy groups -OCH3 is 1. The second kappa shape index (κ2) is 9.31. The summed E-state index contributed by atoms with van der Waals surface area (Å²) in [4.78, 5) is 10.9. The van der Waals surface area contributed by atoms with E-state index in [9.17, 15) is 23.2 Å². The normalized spacial score (nSPS) is 11.7. The van der Waals surface area contributed by atoms with Gasteiger partial charge in [-0.25, -0.2) is 4.79 Å². The fourth-order valence-electron chi connectivity index (χ4n) is 2.82. The summed E-state index contributed by atoms with van der Waals surface area (Å²) in [7, 11) is 1.41. The molecule has 6 nitrogen and oxygen atoms in total. The molecule has 2 aromatic carbocycles. The summed E-state index contributed by atoms with van der Waals surface area (Å²) in [5.41, 5.74) is -0.159. The first-order valence-electron chi connectivity index (χ1n) is 9.13. The highest BCUT2D eigenvalue weighted by atomic mass is 19.4. The van der Waals surface area contributed by atoms with Crippen molar-refractivity contribution in [3.05, 3.63) is 82.8 Å². The number of carboxylic acid groups (broad SMARTS) is 1. The summed E-state index contributed by atoms with van der Waals surface area (Å²) < 4.78 is 54.9. The van der Waals surface area contributed by atoms with Crippen LogP contribution in [0.25, 0.3) is 11.6 Å². The van der Waals surface area contributed by atoms with Gasteiger partial charge in [-0.3, -0.25) is 0 Å². The van der Waals surface area contributed by atoms with Gasteiger partial charge >= 0.3 is 12.1 Å². The van der Waals surface area contributed by atoms with Crippen molar-refractivity contribution in [2.45, 2.75) is 12.8 Å². The molecule has 3 aromatic rings. The van der Waals surface area contributed by atoms with E-state index in [0.29, 0.717) is 22.8 Å². The number of nitrogens with zero attached hydrogens (tertiary/aromatic N) is 1. The molecule has 164 valence electrons. The van der Waals surface area contributed by atoms with Gasteiger partial charge in [0.2, 0.25) is 5.76 Å². The van der Waals surface area contributed by atoms with E-state index in [4.69, 9.17) is 19.0 Å². The summed E-state index contributed by atoms with van der Waals surface area (Å²) in [5, 5.41) is 18.3. The van der Waals surface area contributed by atoms with Crippen molar-refractivity contribution in [2.75, 3.05) is 7.11 Å². The van der Waals surface area contributed by atoms with E-state index in [0.717, 1.165) is 12.1 Å². The molecular formula is C23H16F3NO5. The van der Waals surface area contributed by atoms with E-state index in [-0.39, 0.29) is 23.5 Å². The van der Waals surface area contributed by atoms with Gasteiger partial charge in [0.25, 0.3) is 0 Å². The quantitative estimate of drug-likeness (QED) is 0.375. The molecule has 0 saturated carbocycles. The Balaban J connectivity index is 1.83. The minimum absolute atomic E-state index is 0.0450. The van der Waals surface area contributed by atoms with Crippen LogP contribution in [-0.2, 0) is 12.8 Å². The van der Waals surface area contributed by atoms with E-state index in [1.165, 1.54) is 37.5 Å². The lowest BCUT2D eigenvalue weighted by Gasteiger charge is -2.11. The van der Waals surface area contributed by atoms with Gasteiger partial charge in [-0.1, -0.05) is 18.2 Å². The molecule has 1 heterocycles. The van der Waals surface area contributed by atoms with Gasteiger partial charge in [0.1, 0.15) is 12.4 Å². The smallest absolute Gasteiger partial charge is 0.416 e. The monoisotopic (exact) mass is 443 g/mol. The predicted molar refractivity (Wildman–Crippen MR) is 108 cm³/mol. The van der Waals surface area contributed by atoms with E-state index in [2.05, 4.69) is 0 Å². The third kappa shape index (κ3) is 5.29. The van der Waals surface area contributed by atoms with E-state index >= 15 is 0 Å². The summed E-state index contributed by atoms with van der Waals surface area (Å²) in [6.45, 7) is -0.0491. The van der Waals surface area contributed by atoms with Gasteiger partial charge < -0.3 is 19.0 Å². The van der Waals surface area contributed by atoms with Crippen molar-refractivity contribution in [2.24, 2.45) is 0 Å². The molecule has 0 saturated heterocycles. The Labute approximate surface area is 180 Å². The molecule has 0 atom stereocenters. The molecule has 32 heavy (non-hydrogen) atoms. The summed E-state index contributed by atoms with van der Waals surface area (Å²) in [6, 6.07) is 13.9. The Morgan fingerprint density at radius 3 is 2.56 bits per heavy atom. The number of halogens is 3. The summed E-state index contributed by atoms with van der Waals surface area (Å²) in [5.74, 6) is -0.473. The number of benzene rings is 2. The van der Waals surface area contributed by atoms with Gasteiger partial charge in [-0.15, -0.1) is 0 Å². The van der Waals surface area contributed by atoms with Gasteiger partial charge in [0.15, 0.2) is 11.5 Å². The molecule has 0 aliphatic rings. The molecule has 0 fully saturated rings. The maximum atomic E-state index is 13.0. The topological polar surface area (TPSA) is 92.7 Å². The number of ether oxygens (including phenoxy) is 2. The largest absolute Gasteiger partial charge is 0.493 e. The fourth-order valence-corrected chi connectivity index (χ4v) is 2.82. The van der Waals surface area contributed by atoms with Crippen LogP contribution >= 0.6 is 0 Å². The van der Waals surface area contributed by atoms with Crippen LogP contribution in [0, 0.1) is 11.3 Å². The van der Waals surface area contributed by atoms with Gasteiger partial charge in [0.05, 0.1) is 24.3 Å². The van der Waals surface area contributed by atoms with Crippen molar-refractivity contribution >= 4 is 17.6 Å². The highest BCUT2D eigenvalue weighted by Crippen LogP contribution is 2.33. The summed E-state index contributed by atoms with van der Waals surface area (Å²) >= 11 is 0. The Kier molecular flexibility index (Phi) is 6.54. The van der Waals surface area contributed by atoms with Crippen molar-refractivity contribution in [3.8, 4) is 17.6 Å². The minimum atomic E-state index is -4.52. The van der Waals surface area contributed by atoms with Crippen LogP contribution < -0.4 is 9.47 Å². The minimum Gasteiger partial charge on any atom is -0.493 e. The van der Waals surface area contributed by atoms with E-state index < -0.39 is 17.7 Å². The van der Waals surface area contributed by atoms with Gasteiger partial charge in [0, 0.05) is 0 Å². The molecule has 0 spiro atoms. The van der Waals surface area contributed by atoms with Gasteiger partial charge in [-0.2, -0.15) is 18.4 Å². The number of rotatable bonds is 7. The fraction of sp³-hybridized carbons (Fsp3) is 0.130. The molecule has 1 N–H and O–H groups in total. The first kappa shape index (κ1) is 22.5. The lowest BCUT2D eigenvalue weighted by atomic mass is 10.0. The zero-order valence-corrected chi connectivity index (χ0v) is 16.6. The van der Waals surface area contributed by atoms with Crippen molar-refractivity contribution in [3.63, 3.8) is 0 Å². The number of carboxylic acids is 1. The van der Waals surface area contributed by atoms with Crippen molar-refractivity contribution in [1.29, 1.82) is 5.26 Å². The van der Waals surface area contributed by atoms with Crippen LogP contribution in [0.3, 0.4) is 0 Å². The Morgan fingerprint density at radius 2 is 1.94 bits per heavy atom. The molecule has 0 unspecified atom stereocenters. The lowest BCUT2D eigenvalue weighted by molar-refractivity contribution is -0.137. The zero-order chi connectivity index (χ0) is 23.3. The highest BCUT2D eigenvalue weighted by Gasteiger charge is 2.30. The van der Waals surface area contributed by atoms with Gasteiger partial charge in [-0.05, 0) is 53.6 Å². The number of hydrogen-bond acceptors (Lipinski definition) is 5. The number of allylic oxidation sites excluding steroid dienone is 1. The van der Waals surface area contributed by atoms with Crippen LogP contribution in [0.5, 0.6) is 11.5 Å². The first-order valence-corrected chi connectivity index (χ1v) is 9.13. The molecule has 9 heteroatoms. The number of nitriles is 1. The second-order valence-corrected chi connectivity index (χ2v) is 6.52. The molecule has 3 rings (SSSR count). The van der Waals surface area contributed by atoms with Crippen LogP contribution in [0.4, 0.5) is 13.2 Å². The zero-order valence-electron chi connectivity index (χ0n) is 16.6. The molecule has 0 radical (unpaired) electrons. The number of alkyl halides is 3. The molecular weight excluding hydrogens is 427 g/mol. The maximum Gasteiger partial charge on any atom is 0.416 e. The van der Waals surface area contributed by atoms with Crippen molar-refractivity contribution < 1.29 is 37.0 Å². The number of carbonyl (C=O) groups is 1. The molecule has 0 aliphatic carbocycles. The van der Waals surface area contributed by atoms with Crippen molar-refractivity contribution in [1.82, 2.24) is 0 Å². The Hall–Kier alpha value is -4.19. The number of aromatic carboxylic acids is 1. The summed E-state index contributed by atoms with van der Waals surface area (Å²) in [6.07, 6.45) is -3.08.